The minimum atomic E-state index is -0.546. The van der Waals surface area contributed by atoms with Crippen LogP contribution in [0.3, 0.4) is 0 Å². The largest absolute Gasteiger partial charge is 0.369 e. The van der Waals surface area contributed by atoms with E-state index in [0.29, 0.717) is 18.7 Å². The quantitative estimate of drug-likeness (QED) is 0.808. The maximum Gasteiger partial charge on any atom is 0.224 e. The Morgan fingerprint density at radius 1 is 1.69 bits per heavy atom. The van der Waals surface area contributed by atoms with E-state index in [2.05, 4.69) is 11.4 Å². The van der Waals surface area contributed by atoms with Gasteiger partial charge in [0.2, 0.25) is 5.91 Å². The molecule has 1 aromatic heterocycles. The maximum atomic E-state index is 11.1. The molecule has 5 heteroatoms. The summed E-state index contributed by atoms with van der Waals surface area (Å²) in [5, 5.41) is 13.6. The van der Waals surface area contributed by atoms with Gasteiger partial charge in [0.05, 0.1) is 11.0 Å². The van der Waals surface area contributed by atoms with Crippen LogP contribution in [0.1, 0.15) is 24.3 Å². The first kappa shape index (κ1) is 12.7. The molecule has 0 atom stereocenters. The van der Waals surface area contributed by atoms with Gasteiger partial charge in [0.25, 0.3) is 0 Å². The first-order valence-corrected chi connectivity index (χ1v) is 5.82. The number of nitrogens with zero attached hydrogens (tertiary/aromatic N) is 1. The van der Waals surface area contributed by atoms with Crippen molar-refractivity contribution >= 4 is 17.2 Å². The Morgan fingerprint density at radius 2 is 2.38 bits per heavy atom. The van der Waals surface area contributed by atoms with Gasteiger partial charge in [-0.2, -0.15) is 5.26 Å². The summed E-state index contributed by atoms with van der Waals surface area (Å²) in [6, 6.07) is 3.92. The van der Waals surface area contributed by atoms with Crippen LogP contribution in [0.5, 0.6) is 0 Å². The van der Waals surface area contributed by atoms with Crippen molar-refractivity contribution in [2.24, 2.45) is 11.1 Å². The van der Waals surface area contributed by atoms with E-state index in [4.69, 9.17) is 11.0 Å². The van der Waals surface area contributed by atoms with Gasteiger partial charge in [0.15, 0.2) is 0 Å². The van der Waals surface area contributed by atoms with Crippen LogP contribution >= 0.6 is 11.3 Å². The van der Waals surface area contributed by atoms with Crippen molar-refractivity contribution in [3.05, 3.63) is 21.9 Å². The molecule has 0 aliphatic rings. The average Bonchev–Trinajstić information content (AvgIpc) is 2.65. The van der Waals surface area contributed by atoms with Gasteiger partial charge in [-0.15, -0.1) is 11.3 Å². The molecule has 0 bridgehead atoms. The van der Waals surface area contributed by atoms with Crippen molar-refractivity contribution < 1.29 is 4.79 Å². The van der Waals surface area contributed by atoms with Gasteiger partial charge in [0.1, 0.15) is 6.07 Å². The van der Waals surface area contributed by atoms with E-state index in [1.165, 1.54) is 11.3 Å². The van der Waals surface area contributed by atoms with Crippen molar-refractivity contribution in [1.82, 2.24) is 5.32 Å². The standard InChI is InChI=1S/C11H15N3OS/c1-11(2,10(13)15)7-14-5-9-3-8(4-12)6-16-9/h3,6,14H,5,7H2,1-2H3,(H2,13,15). The first-order valence-electron chi connectivity index (χ1n) is 4.94. The van der Waals surface area contributed by atoms with Gasteiger partial charge in [-0.05, 0) is 19.9 Å². The molecule has 0 aromatic carbocycles. The van der Waals surface area contributed by atoms with E-state index in [1.54, 1.807) is 13.8 Å². The van der Waals surface area contributed by atoms with Gasteiger partial charge in [-0.1, -0.05) is 0 Å². The number of carbonyl (C=O) groups excluding carboxylic acids is 1. The molecule has 0 aliphatic heterocycles. The van der Waals surface area contributed by atoms with Crippen LogP contribution in [0.25, 0.3) is 0 Å². The maximum absolute atomic E-state index is 11.1. The molecule has 0 spiro atoms. The lowest BCUT2D eigenvalue weighted by Gasteiger charge is -2.20. The molecule has 0 unspecified atom stereocenters. The number of hydrogen-bond donors (Lipinski definition) is 2. The van der Waals surface area contributed by atoms with Gasteiger partial charge in [-0.25, -0.2) is 0 Å². The number of carbonyl (C=O) groups is 1. The van der Waals surface area contributed by atoms with Crippen LogP contribution in [0.4, 0.5) is 0 Å². The fraction of sp³-hybridized carbons (Fsp3) is 0.455. The lowest BCUT2D eigenvalue weighted by molar-refractivity contribution is -0.125. The van der Waals surface area contributed by atoms with Crippen LogP contribution < -0.4 is 11.1 Å². The molecule has 0 radical (unpaired) electrons. The van der Waals surface area contributed by atoms with Gasteiger partial charge < -0.3 is 11.1 Å². The van der Waals surface area contributed by atoms with Crippen molar-refractivity contribution in [2.45, 2.75) is 20.4 Å². The summed E-state index contributed by atoms with van der Waals surface area (Å²) in [6.45, 7) is 4.79. The average molecular weight is 237 g/mol. The number of nitrogens with two attached hydrogens (primary N) is 1. The Kier molecular flexibility index (Phi) is 4.05. The number of thiophene rings is 1. The summed E-state index contributed by atoms with van der Waals surface area (Å²) in [5.41, 5.74) is 5.39. The van der Waals surface area contributed by atoms with Crippen LogP contribution in [0.2, 0.25) is 0 Å². The highest BCUT2D eigenvalue weighted by Gasteiger charge is 2.23. The number of rotatable bonds is 5. The van der Waals surface area contributed by atoms with Crippen molar-refractivity contribution in [3.63, 3.8) is 0 Å². The molecule has 0 fully saturated rings. The van der Waals surface area contributed by atoms with E-state index >= 15 is 0 Å². The molecule has 86 valence electrons. The van der Waals surface area contributed by atoms with E-state index in [0.717, 1.165) is 4.88 Å². The zero-order valence-electron chi connectivity index (χ0n) is 9.41. The molecular weight excluding hydrogens is 222 g/mol. The Labute approximate surface area is 99.1 Å². The third kappa shape index (κ3) is 3.33. The van der Waals surface area contributed by atoms with Crippen molar-refractivity contribution in [2.75, 3.05) is 6.54 Å². The molecule has 3 N–H and O–H groups in total. The fourth-order valence-corrected chi connectivity index (χ4v) is 1.90. The Morgan fingerprint density at radius 3 is 2.88 bits per heavy atom. The zero-order chi connectivity index (χ0) is 12.2. The molecule has 0 saturated carbocycles. The summed E-state index contributed by atoms with van der Waals surface area (Å²) >= 11 is 1.53. The Bertz CT molecular complexity index is 417. The SMILES string of the molecule is CC(C)(CNCc1cc(C#N)cs1)C(N)=O. The smallest absolute Gasteiger partial charge is 0.224 e. The normalized spacial score (nSPS) is 11.1. The predicted octanol–water partition coefficient (Wildman–Crippen LogP) is 1.22. The van der Waals surface area contributed by atoms with Crippen molar-refractivity contribution in [1.29, 1.82) is 5.26 Å². The van der Waals surface area contributed by atoms with Crippen LogP contribution in [0.15, 0.2) is 11.4 Å². The van der Waals surface area contributed by atoms with E-state index < -0.39 is 5.41 Å². The van der Waals surface area contributed by atoms with Crippen molar-refractivity contribution in [3.8, 4) is 6.07 Å². The lowest BCUT2D eigenvalue weighted by Crippen LogP contribution is -2.40. The predicted molar refractivity (Wildman–Crippen MR) is 63.7 cm³/mol. The number of amides is 1. The first-order chi connectivity index (χ1) is 7.45. The lowest BCUT2D eigenvalue weighted by atomic mass is 9.93. The van der Waals surface area contributed by atoms with E-state index in [1.807, 2.05) is 11.4 Å². The van der Waals surface area contributed by atoms with Crippen LogP contribution in [-0.4, -0.2) is 12.5 Å². The minimum absolute atomic E-state index is 0.316. The van der Waals surface area contributed by atoms with Gasteiger partial charge >= 0.3 is 0 Å². The number of hydrogen-bond acceptors (Lipinski definition) is 4. The zero-order valence-corrected chi connectivity index (χ0v) is 10.2. The monoisotopic (exact) mass is 237 g/mol. The summed E-state index contributed by atoms with van der Waals surface area (Å²) in [5.74, 6) is -0.316. The Balaban J connectivity index is 2.42. The molecular formula is C11H15N3OS. The highest BCUT2D eigenvalue weighted by molar-refractivity contribution is 7.10. The number of primary amides is 1. The molecule has 1 heterocycles. The second-order valence-corrected chi connectivity index (χ2v) is 5.26. The number of nitriles is 1. The topological polar surface area (TPSA) is 78.9 Å². The third-order valence-electron chi connectivity index (χ3n) is 2.32. The molecule has 16 heavy (non-hydrogen) atoms. The fourth-order valence-electron chi connectivity index (χ4n) is 1.12. The summed E-state index contributed by atoms with van der Waals surface area (Å²) < 4.78 is 0. The van der Waals surface area contributed by atoms with E-state index in [9.17, 15) is 4.79 Å². The molecule has 1 rings (SSSR count). The van der Waals surface area contributed by atoms with E-state index in [-0.39, 0.29) is 5.91 Å². The third-order valence-corrected chi connectivity index (χ3v) is 3.25. The van der Waals surface area contributed by atoms with Gasteiger partial charge in [0, 0.05) is 23.3 Å². The molecule has 1 amide bonds. The minimum Gasteiger partial charge on any atom is -0.369 e. The van der Waals surface area contributed by atoms with Crippen LogP contribution in [-0.2, 0) is 11.3 Å². The molecule has 0 aliphatic carbocycles. The second-order valence-electron chi connectivity index (χ2n) is 4.27. The highest BCUT2D eigenvalue weighted by Crippen LogP contribution is 2.15. The second kappa shape index (κ2) is 5.10. The molecule has 1 aromatic rings. The number of nitrogens with one attached hydrogen (secondary N) is 1. The van der Waals surface area contributed by atoms with Gasteiger partial charge in [-0.3, -0.25) is 4.79 Å². The summed E-state index contributed by atoms with van der Waals surface area (Å²) in [4.78, 5) is 12.1. The highest BCUT2D eigenvalue weighted by atomic mass is 32.1. The summed E-state index contributed by atoms with van der Waals surface area (Å²) in [7, 11) is 0. The molecule has 0 saturated heterocycles. The Hall–Kier alpha value is -1.38. The van der Waals surface area contributed by atoms with Crippen LogP contribution in [0, 0.1) is 16.7 Å². The molecule has 4 nitrogen and oxygen atoms in total. The summed E-state index contributed by atoms with van der Waals surface area (Å²) in [6.07, 6.45) is 0.